The first-order valence-electron chi connectivity index (χ1n) is 7.15. The van der Waals surface area contributed by atoms with Crippen LogP contribution in [0.25, 0.3) is 0 Å². The summed E-state index contributed by atoms with van der Waals surface area (Å²) >= 11 is 3.39. The van der Waals surface area contributed by atoms with Crippen molar-refractivity contribution >= 4 is 15.9 Å². The van der Waals surface area contributed by atoms with Gasteiger partial charge in [0.05, 0.1) is 0 Å². The Bertz CT molecular complexity index is 373. The zero-order valence-electron chi connectivity index (χ0n) is 12.3. The first kappa shape index (κ1) is 17.4. The summed E-state index contributed by atoms with van der Waals surface area (Å²) < 4.78 is 6.51. The molecule has 1 aromatic rings. The molecule has 114 valence electrons. The molecule has 20 heavy (non-hydrogen) atoms. The van der Waals surface area contributed by atoms with E-state index in [0.29, 0.717) is 13.2 Å². The maximum absolute atomic E-state index is 9.85. The number of aliphatic hydroxyl groups is 1. The number of halogens is 1. The molecular weight excluding hydrogens is 320 g/mol. The second kappa shape index (κ2) is 10.2. The largest absolute Gasteiger partial charge is 0.491 e. The molecule has 0 saturated carbocycles. The Morgan fingerprint density at radius 1 is 1.35 bits per heavy atom. The SMILES string of the molecule is CCN(CC)CCNCC(O)COc1cccc(Br)c1. The number of hydrogen-bond donors (Lipinski definition) is 2. The molecule has 1 unspecified atom stereocenters. The van der Waals surface area contributed by atoms with E-state index in [-0.39, 0.29) is 0 Å². The first-order chi connectivity index (χ1) is 9.65. The lowest BCUT2D eigenvalue weighted by molar-refractivity contribution is 0.105. The fraction of sp³-hybridized carbons (Fsp3) is 0.600. The topological polar surface area (TPSA) is 44.7 Å². The Hall–Kier alpha value is -0.620. The van der Waals surface area contributed by atoms with Crippen LogP contribution in [0.15, 0.2) is 28.7 Å². The number of likely N-dealkylation sites (N-methyl/N-ethyl adjacent to an activating group) is 1. The van der Waals surface area contributed by atoms with Crippen LogP contribution >= 0.6 is 15.9 Å². The maximum atomic E-state index is 9.85. The third kappa shape index (κ3) is 7.24. The van der Waals surface area contributed by atoms with Crippen molar-refractivity contribution in [3.63, 3.8) is 0 Å². The number of nitrogens with zero attached hydrogens (tertiary/aromatic N) is 1. The van der Waals surface area contributed by atoms with Crippen molar-refractivity contribution in [3.05, 3.63) is 28.7 Å². The van der Waals surface area contributed by atoms with Gasteiger partial charge in [-0.25, -0.2) is 0 Å². The molecule has 0 aliphatic carbocycles. The minimum atomic E-state index is -0.495. The van der Waals surface area contributed by atoms with Gasteiger partial charge in [0.15, 0.2) is 0 Å². The number of rotatable bonds is 10. The van der Waals surface area contributed by atoms with Crippen molar-refractivity contribution in [3.8, 4) is 5.75 Å². The lowest BCUT2D eigenvalue weighted by Gasteiger charge is -2.19. The van der Waals surface area contributed by atoms with Crippen LogP contribution in [-0.4, -0.2) is 55.4 Å². The van der Waals surface area contributed by atoms with E-state index in [2.05, 4.69) is 40.0 Å². The van der Waals surface area contributed by atoms with Gasteiger partial charge in [0.1, 0.15) is 18.5 Å². The van der Waals surface area contributed by atoms with E-state index in [4.69, 9.17) is 4.74 Å². The first-order valence-corrected chi connectivity index (χ1v) is 7.94. The van der Waals surface area contributed by atoms with Crippen LogP contribution < -0.4 is 10.1 Å². The molecular formula is C15H25BrN2O2. The quantitative estimate of drug-likeness (QED) is 0.638. The summed E-state index contributed by atoms with van der Waals surface area (Å²) in [5, 5.41) is 13.1. The highest BCUT2D eigenvalue weighted by molar-refractivity contribution is 9.10. The minimum absolute atomic E-state index is 0.300. The van der Waals surface area contributed by atoms with E-state index < -0.39 is 6.10 Å². The molecule has 4 nitrogen and oxygen atoms in total. The van der Waals surface area contributed by atoms with Crippen molar-refractivity contribution in [2.45, 2.75) is 20.0 Å². The second-order valence-electron chi connectivity index (χ2n) is 4.65. The molecule has 0 aliphatic rings. The van der Waals surface area contributed by atoms with E-state index in [1.54, 1.807) is 0 Å². The number of benzene rings is 1. The van der Waals surface area contributed by atoms with Crippen molar-refractivity contribution in [2.24, 2.45) is 0 Å². The standard InChI is InChI=1S/C15H25BrN2O2/c1-3-18(4-2)9-8-17-11-14(19)12-20-15-7-5-6-13(16)10-15/h5-7,10,14,17,19H,3-4,8-9,11-12H2,1-2H3. The predicted octanol–water partition coefficient (Wildman–Crippen LogP) is 2.12. The average molecular weight is 345 g/mol. The summed E-state index contributed by atoms with van der Waals surface area (Å²) in [6.45, 7) is 9.18. The second-order valence-corrected chi connectivity index (χ2v) is 5.57. The third-order valence-corrected chi connectivity index (χ3v) is 3.61. The summed E-state index contributed by atoms with van der Waals surface area (Å²) in [5.74, 6) is 0.765. The average Bonchev–Trinajstić information content (AvgIpc) is 2.45. The number of ether oxygens (including phenoxy) is 1. The van der Waals surface area contributed by atoms with Crippen molar-refractivity contribution in [2.75, 3.05) is 39.3 Å². The van der Waals surface area contributed by atoms with Gasteiger partial charge < -0.3 is 20.1 Å². The molecule has 0 aromatic heterocycles. The summed E-state index contributed by atoms with van der Waals surface area (Å²) in [6.07, 6.45) is -0.495. The van der Waals surface area contributed by atoms with E-state index in [0.717, 1.165) is 36.4 Å². The highest BCUT2D eigenvalue weighted by Gasteiger charge is 2.05. The maximum Gasteiger partial charge on any atom is 0.120 e. The fourth-order valence-electron chi connectivity index (χ4n) is 1.85. The predicted molar refractivity (Wildman–Crippen MR) is 86.3 cm³/mol. The molecule has 0 saturated heterocycles. The van der Waals surface area contributed by atoms with E-state index >= 15 is 0 Å². The van der Waals surface area contributed by atoms with Gasteiger partial charge in [0.25, 0.3) is 0 Å². The molecule has 0 spiro atoms. The Kier molecular flexibility index (Phi) is 8.85. The van der Waals surface area contributed by atoms with Gasteiger partial charge in [-0.1, -0.05) is 35.8 Å². The van der Waals surface area contributed by atoms with Crippen LogP contribution in [-0.2, 0) is 0 Å². The molecule has 1 atom stereocenters. The summed E-state index contributed by atoms with van der Waals surface area (Å²) in [6, 6.07) is 7.62. The lowest BCUT2D eigenvalue weighted by Crippen LogP contribution is -2.37. The molecule has 5 heteroatoms. The zero-order valence-corrected chi connectivity index (χ0v) is 13.9. The molecule has 1 aromatic carbocycles. The minimum Gasteiger partial charge on any atom is -0.491 e. The molecule has 0 bridgehead atoms. The van der Waals surface area contributed by atoms with Gasteiger partial charge in [-0.3, -0.25) is 0 Å². The van der Waals surface area contributed by atoms with Crippen molar-refractivity contribution in [1.82, 2.24) is 10.2 Å². The zero-order chi connectivity index (χ0) is 14.8. The molecule has 0 aliphatic heterocycles. The summed E-state index contributed by atoms with van der Waals surface area (Å²) in [7, 11) is 0. The molecule has 0 radical (unpaired) electrons. The number of nitrogens with one attached hydrogen (secondary N) is 1. The lowest BCUT2D eigenvalue weighted by atomic mass is 10.3. The van der Waals surface area contributed by atoms with Crippen LogP contribution in [0.4, 0.5) is 0 Å². The van der Waals surface area contributed by atoms with Crippen LogP contribution in [0, 0.1) is 0 Å². The Balaban J connectivity index is 2.13. The molecule has 2 N–H and O–H groups in total. The molecule has 0 fully saturated rings. The molecule has 0 amide bonds. The Morgan fingerprint density at radius 2 is 2.10 bits per heavy atom. The van der Waals surface area contributed by atoms with Crippen LogP contribution in [0.2, 0.25) is 0 Å². The smallest absolute Gasteiger partial charge is 0.120 e. The number of aliphatic hydroxyl groups excluding tert-OH is 1. The number of hydrogen-bond acceptors (Lipinski definition) is 4. The third-order valence-electron chi connectivity index (χ3n) is 3.12. The van der Waals surface area contributed by atoms with E-state index in [1.807, 2.05) is 24.3 Å². The van der Waals surface area contributed by atoms with Crippen molar-refractivity contribution in [1.29, 1.82) is 0 Å². The Morgan fingerprint density at radius 3 is 2.75 bits per heavy atom. The van der Waals surface area contributed by atoms with Gasteiger partial charge in [-0.2, -0.15) is 0 Å². The van der Waals surface area contributed by atoms with Gasteiger partial charge in [-0.15, -0.1) is 0 Å². The van der Waals surface area contributed by atoms with Gasteiger partial charge in [-0.05, 0) is 31.3 Å². The highest BCUT2D eigenvalue weighted by Crippen LogP contribution is 2.17. The van der Waals surface area contributed by atoms with Crippen LogP contribution in [0.5, 0.6) is 5.75 Å². The van der Waals surface area contributed by atoms with Gasteiger partial charge in [0, 0.05) is 24.1 Å². The summed E-state index contributed by atoms with van der Waals surface area (Å²) in [5.41, 5.74) is 0. The monoisotopic (exact) mass is 344 g/mol. The van der Waals surface area contributed by atoms with Crippen molar-refractivity contribution < 1.29 is 9.84 Å². The van der Waals surface area contributed by atoms with E-state index in [9.17, 15) is 5.11 Å². The van der Waals surface area contributed by atoms with E-state index in [1.165, 1.54) is 0 Å². The fourth-order valence-corrected chi connectivity index (χ4v) is 2.23. The molecule has 0 heterocycles. The highest BCUT2D eigenvalue weighted by atomic mass is 79.9. The van der Waals surface area contributed by atoms with Gasteiger partial charge in [0.2, 0.25) is 0 Å². The molecule has 1 rings (SSSR count). The van der Waals surface area contributed by atoms with Crippen LogP contribution in [0.1, 0.15) is 13.8 Å². The van der Waals surface area contributed by atoms with Gasteiger partial charge >= 0.3 is 0 Å². The normalized spacial score (nSPS) is 12.7. The summed E-state index contributed by atoms with van der Waals surface area (Å²) in [4.78, 5) is 2.34. The Labute approximate surface area is 130 Å². The van der Waals surface area contributed by atoms with Crippen LogP contribution in [0.3, 0.4) is 0 Å².